The highest BCUT2D eigenvalue weighted by Crippen LogP contribution is 2.13. The van der Waals surface area contributed by atoms with Gasteiger partial charge in [0.15, 0.2) is 0 Å². The van der Waals surface area contributed by atoms with E-state index in [1.807, 2.05) is 0 Å². The van der Waals surface area contributed by atoms with Crippen molar-refractivity contribution in [3.05, 3.63) is 0 Å². The second-order valence-corrected chi connectivity index (χ2v) is 9.03. The van der Waals surface area contributed by atoms with Gasteiger partial charge >= 0.3 is 5.97 Å². The minimum atomic E-state index is -0.757. The first kappa shape index (κ1) is 29.4. The van der Waals surface area contributed by atoms with Crippen LogP contribution in [-0.2, 0) is 4.79 Å². The van der Waals surface area contributed by atoms with Crippen LogP contribution in [0.4, 0.5) is 0 Å². The summed E-state index contributed by atoms with van der Waals surface area (Å²) in [4.78, 5) is 12.9. The molecule has 2 atom stereocenters. The number of rotatable bonds is 23. The standard InChI is InChI=1S/C25H51NO4/c1-3-5-7-9-11-13-17-23(27)21-26(20-16-15-19-25(29)30)22-24(28)18-14-12-10-8-6-4-2/h23-24,27-28H,3-22H2,1-2H3,(H,29,30). The van der Waals surface area contributed by atoms with E-state index in [4.69, 9.17) is 5.11 Å². The lowest BCUT2D eigenvalue weighted by atomic mass is 10.1. The second kappa shape index (κ2) is 21.6. The number of aliphatic hydroxyl groups is 2. The van der Waals surface area contributed by atoms with Crippen LogP contribution in [-0.4, -0.2) is 58.0 Å². The fraction of sp³-hybridized carbons (Fsp3) is 0.960. The summed E-state index contributed by atoms with van der Waals surface area (Å²) in [5, 5.41) is 29.7. The Morgan fingerprint density at radius 3 is 1.53 bits per heavy atom. The SMILES string of the molecule is CCCCCCCCC(O)CN(CCCCC(=O)O)CC(O)CCCCCCCC. The molecule has 180 valence electrons. The molecule has 0 radical (unpaired) electrons. The molecule has 30 heavy (non-hydrogen) atoms. The van der Waals surface area contributed by atoms with E-state index in [2.05, 4.69) is 18.7 Å². The first-order valence-electron chi connectivity index (χ1n) is 12.8. The highest BCUT2D eigenvalue weighted by atomic mass is 16.4. The van der Waals surface area contributed by atoms with E-state index in [9.17, 15) is 15.0 Å². The quantitative estimate of drug-likeness (QED) is 0.180. The minimum Gasteiger partial charge on any atom is -0.481 e. The van der Waals surface area contributed by atoms with Gasteiger partial charge in [-0.3, -0.25) is 9.69 Å². The van der Waals surface area contributed by atoms with Crippen molar-refractivity contribution in [3.63, 3.8) is 0 Å². The van der Waals surface area contributed by atoms with Gasteiger partial charge in [-0.1, -0.05) is 90.9 Å². The molecule has 0 rings (SSSR count). The molecule has 0 aromatic heterocycles. The zero-order chi connectivity index (χ0) is 22.5. The summed E-state index contributed by atoms with van der Waals surface area (Å²) in [6, 6.07) is 0. The van der Waals surface area contributed by atoms with E-state index in [1.165, 1.54) is 64.2 Å². The van der Waals surface area contributed by atoms with E-state index < -0.39 is 5.97 Å². The van der Waals surface area contributed by atoms with Gasteiger partial charge in [0, 0.05) is 19.5 Å². The summed E-state index contributed by atoms with van der Waals surface area (Å²) >= 11 is 0. The average molecular weight is 430 g/mol. The Balaban J connectivity index is 4.19. The van der Waals surface area contributed by atoms with Gasteiger partial charge in [0.2, 0.25) is 0 Å². The van der Waals surface area contributed by atoms with Gasteiger partial charge in [-0.25, -0.2) is 0 Å². The maximum absolute atomic E-state index is 10.7. The average Bonchev–Trinajstić information content (AvgIpc) is 2.70. The highest BCUT2D eigenvalue weighted by Gasteiger charge is 2.16. The minimum absolute atomic E-state index is 0.189. The molecule has 0 amide bonds. The summed E-state index contributed by atoms with van der Waals surface area (Å²) in [5.74, 6) is -0.757. The van der Waals surface area contributed by atoms with E-state index in [-0.39, 0.29) is 18.6 Å². The zero-order valence-corrected chi connectivity index (χ0v) is 20.0. The normalized spacial score (nSPS) is 13.6. The molecule has 0 saturated heterocycles. The molecule has 0 aliphatic carbocycles. The maximum Gasteiger partial charge on any atom is 0.303 e. The van der Waals surface area contributed by atoms with Crippen LogP contribution in [0, 0.1) is 0 Å². The summed E-state index contributed by atoms with van der Waals surface area (Å²) < 4.78 is 0. The Labute approximate surface area is 186 Å². The Hall–Kier alpha value is -0.650. The molecule has 0 fully saturated rings. The lowest BCUT2D eigenvalue weighted by molar-refractivity contribution is -0.137. The van der Waals surface area contributed by atoms with Gasteiger partial charge < -0.3 is 15.3 Å². The van der Waals surface area contributed by atoms with Crippen molar-refractivity contribution in [1.82, 2.24) is 4.90 Å². The van der Waals surface area contributed by atoms with E-state index >= 15 is 0 Å². The molecule has 0 saturated carbocycles. The van der Waals surface area contributed by atoms with E-state index in [1.54, 1.807) is 0 Å². The molecule has 0 aliphatic rings. The molecule has 0 bridgehead atoms. The van der Waals surface area contributed by atoms with E-state index in [0.29, 0.717) is 19.5 Å². The van der Waals surface area contributed by atoms with Gasteiger partial charge in [0.25, 0.3) is 0 Å². The number of carboxylic acids is 1. The van der Waals surface area contributed by atoms with Gasteiger partial charge in [-0.15, -0.1) is 0 Å². The summed E-state index contributed by atoms with van der Waals surface area (Å²) in [6.45, 7) is 6.34. The number of hydrogen-bond acceptors (Lipinski definition) is 4. The van der Waals surface area contributed by atoms with Crippen LogP contribution in [0.25, 0.3) is 0 Å². The Kier molecular flexibility index (Phi) is 21.1. The fourth-order valence-corrected chi connectivity index (χ4v) is 3.97. The van der Waals surface area contributed by atoms with E-state index in [0.717, 1.165) is 38.6 Å². The molecule has 0 heterocycles. The largest absolute Gasteiger partial charge is 0.481 e. The lowest BCUT2D eigenvalue weighted by Crippen LogP contribution is -2.38. The highest BCUT2D eigenvalue weighted by molar-refractivity contribution is 5.66. The Morgan fingerprint density at radius 2 is 1.10 bits per heavy atom. The molecule has 5 nitrogen and oxygen atoms in total. The van der Waals surface area contributed by atoms with Crippen LogP contribution in [0.2, 0.25) is 0 Å². The van der Waals surface area contributed by atoms with Crippen molar-refractivity contribution in [2.45, 2.75) is 135 Å². The number of aliphatic carboxylic acids is 1. The maximum atomic E-state index is 10.7. The fourth-order valence-electron chi connectivity index (χ4n) is 3.97. The number of unbranched alkanes of at least 4 members (excludes halogenated alkanes) is 11. The van der Waals surface area contributed by atoms with Crippen LogP contribution >= 0.6 is 0 Å². The summed E-state index contributed by atoms with van der Waals surface area (Å²) in [5.41, 5.74) is 0. The number of carbonyl (C=O) groups is 1. The Morgan fingerprint density at radius 1 is 0.667 bits per heavy atom. The first-order valence-corrected chi connectivity index (χ1v) is 12.8. The van der Waals surface area contributed by atoms with Crippen LogP contribution in [0.1, 0.15) is 123 Å². The molecular formula is C25H51NO4. The van der Waals surface area contributed by atoms with Crippen molar-refractivity contribution >= 4 is 5.97 Å². The predicted octanol–water partition coefficient (Wildman–Crippen LogP) is 5.77. The third-order valence-corrected chi connectivity index (χ3v) is 5.83. The lowest BCUT2D eigenvalue weighted by Gasteiger charge is -2.27. The third kappa shape index (κ3) is 20.6. The van der Waals surface area contributed by atoms with Crippen molar-refractivity contribution in [3.8, 4) is 0 Å². The van der Waals surface area contributed by atoms with Crippen molar-refractivity contribution in [2.75, 3.05) is 19.6 Å². The molecule has 0 aromatic carbocycles. The number of aliphatic hydroxyl groups excluding tert-OH is 2. The summed E-state index contributed by atoms with van der Waals surface area (Å²) in [6.07, 6.45) is 17.1. The Bertz CT molecular complexity index is 354. The summed E-state index contributed by atoms with van der Waals surface area (Å²) in [7, 11) is 0. The molecular weight excluding hydrogens is 378 g/mol. The van der Waals surface area contributed by atoms with Crippen molar-refractivity contribution in [2.24, 2.45) is 0 Å². The number of nitrogens with zero attached hydrogens (tertiary/aromatic N) is 1. The smallest absolute Gasteiger partial charge is 0.303 e. The molecule has 0 aromatic rings. The van der Waals surface area contributed by atoms with Gasteiger partial charge in [0.1, 0.15) is 0 Å². The third-order valence-electron chi connectivity index (χ3n) is 5.83. The molecule has 0 aliphatic heterocycles. The first-order chi connectivity index (χ1) is 14.5. The molecule has 5 heteroatoms. The van der Waals surface area contributed by atoms with Crippen molar-refractivity contribution in [1.29, 1.82) is 0 Å². The van der Waals surface area contributed by atoms with Crippen LogP contribution in [0.3, 0.4) is 0 Å². The topological polar surface area (TPSA) is 81.0 Å². The predicted molar refractivity (Wildman–Crippen MR) is 126 cm³/mol. The van der Waals surface area contributed by atoms with Crippen molar-refractivity contribution < 1.29 is 20.1 Å². The van der Waals surface area contributed by atoms with Crippen LogP contribution in [0.15, 0.2) is 0 Å². The monoisotopic (exact) mass is 429 g/mol. The molecule has 0 spiro atoms. The molecule has 2 unspecified atom stereocenters. The van der Waals surface area contributed by atoms with Gasteiger partial charge in [-0.05, 0) is 32.2 Å². The second-order valence-electron chi connectivity index (χ2n) is 9.03. The number of hydrogen-bond donors (Lipinski definition) is 3. The van der Waals surface area contributed by atoms with Crippen LogP contribution in [0.5, 0.6) is 0 Å². The zero-order valence-electron chi connectivity index (χ0n) is 20.0. The number of carboxylic acid groups (broad SMARTS) is 1. The molecule has 3 N–H and O–H groups in total. The van der Waals surface area contributed by atoms with Gasteiger partial charge in [-0.2, -0.15) is 0 Å². The van der Waals surface area contributed by atoms with Crippen LogP contribution < -0.4 is 0 Å². The van der Waals surface area contributed by atoms with Gasteiger partial charge in [0.05, 0.1) is 12.2 Å².